The van der Waals surface area contributed by atoms with Crippen molar-refractivity contribution >= 4 is 29.4 Å². The molecule has 0 spiro atoms. The van der Waals surface area contributed by atoms with Gasteiger partial charge in [0, 0.05) is 25.4 Å². The summed E-state index contributed by atoms with van der Waals surface area (Å²) in [5.74, 6) is -1.24. The van der Waals surface area contributed by atoms with E-state index in [2.05, 4.69) is 5.43 Å². The molecule has 8 heteroatoms. The minimum atomic E-state index is -0.603. The number of amides is 3. The highest BCUT2D eigenvalue weighted by Crippen LogP contribution is 2.19. The van der Waals surface area contributed by atoms with Crippen molar-refractivity contribution in [2.45, 2.75) is 45.1 Å². The summed E-state index contributed by atoms with van der Waals surface area (Å²) in [7, 11) is 0. The molecule has 0 aliphatic carbocycles. The van der Waals surface area contributed by atoms with Gasteiger partial charge in [-0.1, -0.05) is 0 Å². The molecule has 0 aromatic heterocycles. The molecule has 8 nitrogen and oxygen atoms in total. The molecule has 1 unspecified atom stereocenters. The Labute approximate surface area is 157 Å². The Morgan fingerprint density at radius 1 is 1.15 bits per heavy atom. The van der Waals surface area contributed by atoms with Crippen LogP contribution in [0.1, 0.15) is 49.4 Å². The van der Waals surface area contributed by atoms with Gasteiger partial charge in [0.25, 0.3) is 5.91 Å². The van der Waals surface area contributed by atoms with E-state index < -0.39 is 5.97 Å². The largest absolute Gasteiger partial charge is 0.452 e. The van der Waals surface area contributed by atoms with Crippen molar-refractivity contribution in [1.29, 1.82) is 0 Å². The zero-order valence-electron chi connectivity index (χ0n) is 15.3. The normalized spacial score (nSPS) is 20.3. The summed E-state index contributed by atoms with van der Waals surface area (Å²) in [6.45, 7) is 2.41. The summed E-state index contributed by atoms with van der Waals surface area (Å²) in [6, 6.07) is 6.27. The highest BCUT2D eigenvalue weighted by atomic mass is 16.5. The number of ether oxygens (including phenoxy) is 1. The fraction of sp³-hybridized carbons (Fsp3) is 0.474. The Morgan fingerprint density at radius 3 is 2.59 bits per heavy atom. The molecule has 0 bridgehead atoms. The smallest absolute Gasteiger partial charge is 0.338 e. The summed E-state index contributed by atoms with van der Waals surface area (Å²) >= 11 is 0. The second-order valence-corrected chi connectivity index (χ2v) is 6.82. The second-order valence-electron chi connectivity index (χ2n) is 6.82. The molecule has 2 saturated heterocycles. The standard InChI is InChI=1S/C19H23N3O5/c1-13-4-2-3-11-21(13)18(25)12-27-19(26)14-5-7-15(8-6-14)22-17(24)10-9-16(23)20-22/h5-8,13H,2-4,9-12H2,1H3,(H,20,23). The SMILES string of the molecule is CC1CCCCN1C(=O)COC(=O)c1ccc(N2NC(=O)CCC2=O)cc1. The number of anilines is 1. The number of hydrazine groups is 1. The van der Waals surface area contributed by atoms with Crippen LogP contribution in [0.2, 0.25) is 0 Å². The summed E-state index contributed by atoms with van der Waals surface area (Å²) < 4.78 is 5.13. The summed E-state index contributed by atoms with van der Waals surface area (Å²) in [5.41, 5.74) is 3.22. The molecule has 2 heterocycles. The predicted molar refractivity (Wildman–Crippen MR) is 96.6 cm³/mol. The molecule has 2 aliphatic rings. The highest BCUT2D eigenvalue weighted by Gasteiger charge is 2.25. The van der Waals surface area contributed by atoms with Gasteiger partial charge in [0.2, 0.25) is 11.8 Å². The zero-order chi connectivity index (χ0) is 19.4. The van der Waals surface area contributed by atoms with Crippen molar-refractivity contribution in [1.82, 2.24) is 10.3 Å². The third-order valence-corrected chi connectivity index (χ3v) is 4.86. The van der Waals surface area contributed by atoms with Crippen LogP contribution >= 0.6 is 0 Å². The lowest BCUT2D eigenvalue weighted by molar-refractivity contribution is -0.137. The molecule has 2 aliphatic heterocycles. The van der Waals surface area contributed by atoms with Crippen molar-refractivity contribution in [2.75, 3.05) is 18.2 Å². The minimum Gasteiger partial charge on any atom is -0.452 e. The number of likely N-dealkylation sites (tertiary alicyclic amines) is 1. The first kappa shape index (κ1) is 18.9. The summed E-state index contributed by atoms with van der Waals surface area (Å²) in [6.07, 6.45) is 3.36. The van der Waals surface area contributed by atoms with E-state index in [4.69, 9.17) is 4.74 Å². The molecule has 27 heavy (non-hydrogen) atoms. The van der Waals surface area contributed by atoms with Gasteiger partial charge in [-0.2, -0.15) is 0 Å². The lowest BCUT2D eigenvalue weighted by Crippen LogP contribution is -2.50. The van der Waals surface area contributed by atoms with E-state index in [1.807, 2.05) is 6.92 Å². The summed E-state index contributed by atoms with van der Waals surface area (Å²) in [4.78, 5) is 49.5. The van der Waals surface area contributed by atoms with Crippen molar-refractivity contribution in [3.8, 4) is 0 Å². The Hall–Kier alpha value is -2.90. The molecule has 1 N–H and O–H groups in total. The van der Waals surface area contributed by atoms with Crippen LogP contribution in [0.15, 0.2) is 24.3 Å². The number of nitrogens with zero attached hydrogens (tertiary/aromatic N) is 2. The van der Waals surface area contributed by atoms with Crippen LogP contribution in [0.4, 0.5) is 5.69 Å². The Bertz CT molecular complexity index is 746. The van der Waals surface area contributed by atoms with Crippen molar-refractivity contribution < 1.29 is 23.9 Å². The molecular formula is C19H23N3O5. The maximum absolute atomic E-state index is 12.2. The van der Waals surface area contributed by atoms with E-state index in [-0.39, 0.29) is 48.8 Å². The molecule has 1 aromatic carbocycles. The topological polar surface area (TPSA) is 96.0 Å². The van der Waals surface area contributed by atoms with Gasteiger partial charge in [-0.05, 0) is 50.5 Å². The maximum Gasteiger partial charge on any atom is 0.338 e. The molecule has 144 valence electrons. The van der Waals surface area contributed by atoms with Crippen molar-refractivity contribution in [3.63, 3.8) is 0 Å². The van der Waals surface area contributed by atoms with Gasteiger partial charge in [0.05, 0.1) is 11.3 Å². The Kier molecular flexibility index (Phi) is 5.73. The fourth-order valence-corrected chi connectivity index (χ4v) is 3.29. The van der Waals surface area contributed by atoms with E-state index in [0.29, 0.717) is 12.2 Å². The number of benzene rings is 1. The first-order valence-corrected chi connectivity index (χ1v) is 9.15. The molecule has 1 aromatic rings. The quantitative estimate of drug-likeness (QED) is 0.805. The minimum absolute atomic E-state index is 0.145. The van der Waals surface area contributed by atoms with Crippen LogP contribution in [-0.4, -0.2) is 47.8 Å². The van der Waals surface area contributed by atoms with Gasteiger partial charge in [-0.15, -0.1) is 0 Å². The van der Waals surface area contributed by atoms with Gasteiger partial charge < -0.3 is 9.64 Å². The molecule has 0 radical (unpaired) electrons. The lowest BCUT2D eigenvalue weighted by atomic mass is 10.0. The number of carbonyl (C=O) groups excluding carboxylic acids is 4. The van der Waals surface area contributed by atoms with Crippen LogP contribution in [0, 0.1) is 0 Å². The van der Waals surface area contributed by atoms with Gasteiger partial charge in [-0.3, -0.25) is 19.8 Å². The van der Waals surface area contributed by atoms with Crippen LogP contribution in [0.5, 0.6) is 0 Å². The van der Waals surface area contributed by atoms with Crippen LogP contribution in [0.3, 0.4) is 0 Å². The van der Waals surface area contributed by atoms with E-state index in [1.54, 1.807) is 17.0 Å². The Morgan fingerprint density at radius 2 is 1.89 bits per heavy atom. The number of piperidine rings is 1. The Balaban J connectivity index is 1.56. The number of carbonyl (C=O) groups is 4. The zero-order valence-corrected chi connectivity index (χ0v) is 15.3. The first-order valence-electron chi connectivity index (χ1n) is 9.15. The third-order valence-electron chi connectivity index (χ3n) is 4.86. The average molecular weight is 373 g/mol. The molecule has 2 fully saturated rings. The third kappa shape index (κ3) is 4.45. The molecular weight excluding hydrogens is 350 g/mol. The van der Waals surface area contributed by atoms with Gasteiger partial charge in [0.15, 0.2) is 6.61 Å². The van der Waals surface area contributed by atoms with Crippen LogP contribution < -0.4 is 10.4 Å². The van der Waals surface area contributed by atoms with E-state index in [1.165, 1.54) is 17.1 Å². The molecule has 1 atom stereocenters. The number of hydrogen-bond acceptors (Lipinski definition) is 5. The number of hydrogen-bond donors (Lipinski definition) is 1. The van der Waals surface area contributed by atoms with Gasteiger partial charge >= 0.3 is 5.97 Å². The number of rotatable bonds is 4. The monoisotopic (exact) mass is 373 g/mol. The van der Waals surface area contributed by atoms with E-state index >= 15 is 0 Å². The predicted octanol–water partition coefficient (Wildman–Crippen LogP) is 1.40. The number of nitrogens with one attached hydrogen (secondary N) is 1. The van der Waals surface area contributed by atoms with E-state index in [9.17, 15) is 19.2 Å². The molecule has 0 saturated carbocycles. The lowest BCUT2D eigenvalue weighted by Gasteiger charge is -2.33. The van der Waals surface area contributed by atoms with Gasteiger partial charge in [-0.25, -0.2) is 9.80 Å². The van der Waals surface area contributed by atoms with Gasteiger partial charge in [0.1, 0.15) is 0 Å². The molecule has 3 rings (SSSR count). The van der Waals surface area contributed by atoms with Crippen LogP contribution in [-0.2, 0) is 19.1 Å². The summed E-state index contributed by atoms with van der Waals surface area (Å²) in [5, 5.41) is 1.17. The van der Waals surface area contributed by atoms with Crippen molar-refractivity contribution in [3.05, 3.63) is 29.8 Å². The average Bonchev–Trinajstić information content (AvgIpc) is 2.68. The van der Waals surface area contributed by atoms with E-state index in [0.717, 1.165) is 19.3 Å². The number of esters is 1. The first-order chi connectivity index (χ1) is 13.0. The highest BCUT2D eigenvalue weighted by molar-refractivity contribution is 6.01. The van der Waals surface area contributed by atoms with Crippen molar-refractivity contribution in [2.24, 2.45) is 0 Å². The second kappa shape index (κ2) is 8.20. The maximum atomic E-state index is 12.2. The fourth-order valence-electron chi connectivity index (χ4n) is 3.29. The van der Waals surface area contributed by atoms with Crippen LogP contribution in [0.25, 0.3) is 0 Å². The molecule has 3 amide bonds.